The molecular formula is C25H20N4O2S. The van der Waals surface area contributed by atoms with E-state index in [1.807, 2.05) is 83.4 Å². The van der Waals surface area contributed by atoms with Gasteiger partial charge >= 0.3 is 0 Å². The minimum atomic E-state index is -0.493. The van der Waals surface area contributed by atoms with Gasteiger partial charge in [0.15, 0.2) is 10.9 Å². The van der Waals surface area contributed by atoms with Gasteiger partial charge in [0, 0.05) is 22.7 Å². The number of benzene rings is 3. The fraction of sp³-hybridized carbons (Fsp3) is 0.0800. The highest BCUT2D eigenvalue weighted by Gasteiger charge is 2.28. The topological polar surface area (TPSA) is 72.8 Å². The Labute approximate surface area is 189 Å². The van der Waals surface area contributed by atoms with E-state index in [-0.39, 0.29) is 5.78 Å². The van der Waals surface area contributed by atoms with Gasteiger partial charge in [-0.05, 0) is 23.8 Å². The number of thioether (sulfide) groups is 1. The molecule has 5 rings (SSSR count). The molecule has 0 bridgehead atoms. The molecule has 2 heterocycles. The van der Waals surface area contributed by atoms with Crippen molar-refractivity contribution < 1.29 is 9.53 Å². The number of methoxy groups -OCH3 is 1. The number of nitrogens with zero attached hydrogens (tertiary/aromatic N) is 3. The molecule has 158 valence electrons. The first-order chi connectivity index (χ1) is 15.8. The van der Waals surface area contributed by atoms with E-state index < -0.39 is 5.25 Å². The molecule has 3 aromatic carbocycles. The molecule has 0 aliphatic carbocycles. The van der Waals surface area contributed by atoms with Crippen molar-refractivity contribution in [1.82, 2.24) is 19.7 Å². The second kappa shape index (κ2) is 8.72. The number of aromatic amines is 1. The molecule has 1 N–H and O–H groups in total. The molecule has 0 aliphatic rings. The Balaban J connectivity index is 1.57. The van der Waals surface area contributed by atoms with Crippen LogP contribution in [-0.4, -0.2) is 32.6 Å². The third kappa shape index (κ3) is 3.67. The second-order valence-corrected chi connectivity index (χ2v) is 8.25. The second-order valence-electron chi connectivity index (χ2n) is 7.18. The Hall–Kier alpha value is -3.84. The first-order valence-electron chi connectivity index (χ1n) is 10.1. The van der Waals surface area contributed by atoms with Crippen LogP contribution in [0.5, 0.6) is 5.75 Å². The van der Waals surface area contributed by atoms with Crippen LogP contribution >= 0.6 is 11.8 Å². The van der Waals surface area contributed by atoms with E-state index in [9.17, 15) is 4.79 Å². The standard InChI is InChI=1S/C25H20N4O2S/c1-31-22-14-8-7-13-21(22)29-16-27-28-25(29)32-24(17-9-3-2-4-10-17)23(30)19-15-26-20-12-6-5-11-18(19)20/h2-16,24,26H,1H3/t24-/m0/s1. The van der Waals surface area contributed by atoms with Gasteiger partial charge in [0.05, 0.1) is 12.8 Å². The number of carbonyl (C=O) groups excluding carboxylic acids is 1. The van der Waals surface area contributed by atoms with Gasteiger partial charge < -0.3 is 9.72 Å². The molecule has 0 amide bonds. The normalized spacial score (nSPS) is 12.0. The molecule has 0 saturated carbocycles. The van der Waals surface area contributed by atoms with Crippen molar-refractivity contribution >= 4 is 28.4 Å². The highest BCUT2D eigenvalue weighted by molar-refractivity contribution is 8.00. The summed E-state index contributed by atoms with van der Waals surface area (Å²) >= 11 is 1.37. The minimum Gasteiger partial charge on any atom is -0.495 e. The zero-order chi connectivity index (χ0) is 21.9. The first kappa shape index (κ1) is 20.1. The summed E-state index contributed by atoms with van der Waals surface area (Å²) in [6, 6.07) is 25.2. The molecule has 7 heteroatoms. The van der Waals surface area contributed by atoms with Gasteiger partial charge in [0.25, 0.3) is 0 Å². The summed E-state index contributed by atoms with van der Waals surface area (Å²) in [5, 5.41) is 9.45. The van der Waals surface area contributed by atoms with Crippen LogP contribution in [0.2, 0.25) is 0 Å². The number of fused-ring (bicyclic) bond motifs is 1. The summed E-state index contributed by atoms with van der Waals surface area (Å²) in [5.41, 5.74) is 3.31. The molecule has 2 aromatic heterocycles. The SMILES string of the molecule is COc1ccccc1-n1cnnc1S[C@H](C(=O)c1c[nH]c2ccccc12)c1ccccc1. The number of nitrogens with one attached hydrogen (secondary N) is 1. The predicted molar refractivity (Wildman–Crippen MR) is 126 cm³/mol. The fourth-order valence-electron chi connectivity index (χ4n) is 3.72. The number of ether oxygens (including phenoxy) is 1. The fourth-order valence-corrected chi connectivity index (χ4v) is 4.81. The molecule has 0 unspecified atom stereocenters. The van der Waals surface area contributed by atoms with Crippen molar-refractivity contribution in [2.75, 3.05) is 7.11 Å². The molecule has 1 atom stereocenters. The molecule has 0 radical (unpaired) electrons. The Bertz CT molecular complexity index is 1380. The monoisotopic (exact) mass is 440 g/mol. The Kier molecular flexibility index (Phi) is 5.47. The van der Waals surface area contributed by atoms with Gasteiger partial charge in [0.1, 0.15) is 17.3 Å². The smallest absolute Gasteiger partial charge is 0.196 e. The van der Waals surface area contributed by atoms with E-state index in [4.69, 9.17) is 4.74 Å². The maximum absolute atomic E-state index is 13.8. The number of Topliss-reactive ketones (excluding diaryl/α,β-unsaturated/α-hetero) is 1. The maximum atomic E-state index is 13.8. The van der Waals surface area contributed by atoms with E-state index in [0.717, 1.165) is 22.2 Å². The van der Waals surface area contributed by atoms with Gasteiger partial charge in [-0.15, -0.1) is 10.2 Å². The van der Waals surface area contributed by atoms with Gasteiger partial charge in [0.2, 0.25) is 0 Å². The summed E-state index contributed by atoms with van der Waals surface area (Å²) in [6.07, 6.45) is 3.42. The zero-order valence-electron chi connectivity index (χ0n) is 17.3. The van der Waals surface area contributed by atoms with Gasteiger partial charge in [-0.25, -0.2) is 0 Å². The van der Waals surface area contributed by atoms with Crippen molar-refractivity contribution in [2.45, 2.75) is 10.4 Å². The van der Waals surface area contributed by atoms with Crippen LogP contribution in [-0.2, 0) is 0 Å². The number of hydrogen-bond donors (Lipinski definition) is 1. The van der Waals surface area contributed by atoms with E-state index in [2.05, 4.69) is 15.2 Å². The first-order valence-corrected chi connectivity index (χ1v) is 11.0. The van der Waals surface area contributed by atoms with Gasteiger partial charge in [-0.2, -0.15) is 0 Å². The van der Waals surface area contributed by atoms with Crippen LogP contribution in [0, 0.1) is 0 Å². The number of hydrogen-bond acceptors (Lipinski definition) is 5. The van der Waals surface area contributed by atoms with Crippen LogP contribution in [0.1, 0.15) is 21.2 Å². The van der Waals surface area contributed by atoms with Crippen LogP contribution in [0.15, 0.2) is 96.5 Å². The average Bonchev–Trinajstić information content (AvgIpc) is 3.49. The van der Waals surface area contributed by atoms with Crippen molar-refractivity contribution in [2.24, 2.45) is 0 Å². The summed E-state index contributed by atoms with van der Waals surface area (Å²) in [7, 11) is 1.63. The highest BCUT2D eigenvalue weighted by atomic mass is 32.2. The van der Waals surface area contributed by atoms with Gasteiger partial charge in [-0.1, -0.05) is 72.4 Å². The number of ketones is 1. The van der Waals surface area contributed by atoms with Crippen LogP contribution in [0.25, 0.3) is 16.6 Å². The number of rotatable bonds is 7. The lowest BCUT2D eigenvalue weighted by Gasteiger charge is -2.17. The minimum absolute atomic E-state index is 0.00762. The van der Waals surface area contributed by atoms with E-state index in [0.29, 0.717) is 16.5 Å². The third-order valence-electron chi connectivity index (χ3n) is 5.28. The van der Waals surface area contributed by atoms with E-state index >= 15 is 0 Å². The molecule has 0 spiro atoms. The Morgan fingerprint density at radius 1 is 1.00 bits per heavy atom. The zero-order valence-corrected chi connectivity index (χ0v) is 18.1. The van der Waals surface area contributed by atoms with Crippen LogP contribution < -0.4 is 4.74 Å². The number of aromatic nitrogens is 4. The molecule has 0 fully saturated rings. The third-order valence-corrected chi connectivity index (χ3v) is 6.49. The Morgan fingerprint density at radius 3 is 2.59 bits per heavy atom. The number of para-hydroxylation sites is 3. The lowest BCUT2D eigenvalue weighted by Crippen LogP contribution is -2.11. The number of H-pyrrole nitrogens is 1. The van der Waals surface area contributed by atoms with Crippen LogP contribution in [0.3, 0.4) is 0 Å². The van der Waals surface area contributed by atoms with Crippen LogP contribution in [0.4, 0.5) is 0 Å². The summed E-state index contributed by atoms with van der Waals surface area (Å²) in [6.45, 7) is 0. The molecule has 5 aromatic rings. The lowest BCUT2D eigenvalue weighted by molar-refractivity contribution is 0.0991. The van der Waals surface area contributed by atoms with Crippen molar-refractivity contribution in [3.05, 3.63) is 103 Å². The maximum Gasteiger partial charge on any atom is 0.196 e. The summed E-state index contributed by atoms with van der Waals surface area (Å²) in [4.78, 5) is 17.0. The molecular weight excluding hydrogens is 420 g/mol. The lowest BCUT2D eigenvalue weighted by atomic mass is 10.0. The number of carbonyl (C=O) groups is 1. The van der Waals surface area contributed by atoms with Crippen molar-refractivity contribution in [3.8, 4) is 11.4 Å². The predicted octanol–water partition coefficient (Wildman–Crippen LogP) is 5.47. The van der Waals surface area contributed by atoms with Crippen molar-refractivity contribution in [1.29, 1.82) is 0 Å². The molecule has 0 saturated heterocycles. The van der Waals surface area contributed by atoms with E-state index in [1.165, 1.54) is 11.8 Å². The van der Waals surface area contributed by atoms with Crippen molar-refractivity contribution in [3.63, 3.8) is 0 Å². The van der Waals surface area contributed by atoms with E-state index in [1.54, 1.807) is 19.6 Å². The largest absolute Gasteiger partial charge is 0.495 e. The quantitative estimate of drug-likeness (QED) is 0.268. The summed E-state index contributed by atoms with van der Waals surface area (Å²) in [5.74, 6) is 0.710. The Morgan fingerprint density at radius 2 is 1.75 bits per heavy atom. The van der Waals surface area contributed by atoms with Gasteiger partial charge in [-0.3, -0.25) is 9.36 Å². The average molecular weight is 441 g/mol. The molecule has 6 nitrogen and oxygen atoms in total. The summed E-state index contributed by atoms with van der Waals surface area (Å²) < 4.78 is 7.36. The highest BCUT2D eigenvalue weighted by Crippen LogP contribution is 2.39. The molecule has 32 heavy (non-hydrogen) atoms. The molecule has 0 aliphatic heterocycles.